The van der Waals surface area contributed by atoms with Crippen LogP contribution in [0.1, 0.15) is 27.2 Å². The van der Waals surface area contributed by atoms with Crippen molar-refractivity contribution in [2.45, 2.75) is 32.8 Å². The van der Waals surface area contributed by atoms with Gasteiger partial charge >= 0.3 is 6.09 Å². The van der Waals surface area contributed by atoms with Gasteiger partial charge in [-0.25, -0.2) is 4.79 Å². The normalized spacial score (nSPS) is 16.3. The van der Waals surface area contributed by atoms with E-state index in [-0.39, 0.29) is 18.6 Å². The molecule has 23 heavy (non-hydrogen) atoms. The maximum absolute atomic E-state index is 11.9. The van der Waals surface area contributed by atoms with E-state index in [4.69, 9.17) is 9.47 Å². The van der Waals surface area contributed by atoms with Crippen molar-refractivity contribution in [3.63, 3.8) is 0 Å². The van der Waals surface area contributed by atoms with Crippen molar-refractivity contribution in [3.05, 3.63) is 0 Å². The first kappa shape index (κ1) is 19.7. The van der Waals surface area contributed by atoms with E-state index in [0.717, 1.165) is 39.1 Å². The molecule has 1 aliphatic rings. The molecule has 1 aliphatic heterocycles. The smallest absolute Gasteiger partial charge is 0.410 e. The monoisotopic (exact) mass is 329 g/mol. The summed E-state index contributed by atoms with van der Waals surface area (Å²) in [7, 11) is 3.30. The van der Waals surface area contributed by atoms with Crippen LogP contribution in [-0.2, 0) is 14.3 Å². The van der Waals surface area contributed by atoms with Crippen LogP contribution in [0.2, 0.25) is 0 Å². The molecule has 1 heterocycles. The van der Waals surface area contributed by atoms with Crippen molar-refractivity contribution >= 4 is 12.0 Å². The molecule has 0 saturated carbocycles. The van der Waals surface area contributed by atoms with Gasteiger partial charge in [-0.2, -0.15) is 0 Å². The van der Waals surface area contributed by atoms with Crippen molar-refractivity contribution in [2.75, 3.05) is 60.0 Å². The lowest BCUT2D eigenvalue weighted by Gasteiger charge is -2.35. The van der Waals surface area contributed by atoms with E-state index in [9.17, 15) is 9.59 Å². The maximum atomic E-state index is 11.9. The van der Waals surface area contributed by atoms with E-state index >= 15 is 0 Å². The SMILES string of the molecule is COCC(=O)N1CCN(CCCN(C)C(=O)OC(C)(C)C)CC1. The third-order valence-electron chi connectivity index (χ3n) is 3.67. The molecule has 7 nitrogen and oxygen atoms in total. The van der Waals surface area contributed by atoms with Crippen LogP contribution in [-0.4, -0.2) is 92.3 Å². The standard InChI is InChI=1S/C16H31N3O4/c1-16(2,3)23-15(21)17(4)7-6-8-18-9-11-19(12-10-18)14(20)13-22-5/h6-13H2,1-5H3. The molecule has 0 bridgehead atoms. The lowest BCUT2D eigenvalue weighted by atomic mass is 10.2. The fourth-order valence-corrected chi connectivity index (χ4v) is 2.40. The van der Waals surface area contributed by atoms with Crippen molar-refractivity contribution in [1.82, 2.24) is 14.7 Å². The predicted octanol–water partition coefficient (Wildman–Crippen LogP) is 1.03. The Balaban J connectivity index is 2.20. The average molecular weight is 329 g/mol. The Morgan fingerprint density at radius 3 is 2.26 bits per heavy atom. The fraction of sp³-hybridized carbons (Fsp3) is 0.875. The minimum Gasteiger partial charge on any atom is -0.444 e. The van der Waals surface area contributed by atoms with Gasteiger partial charge in [0.05, 0.1) is 0 Å². The van der Waals surface area contributed by atoms with Gasteiger partial charge < -0.3 is 19.3 Å². The molecule has 0 atom stereocenters. The second-order valence-corrected chi connectivity index (χ2v) is 6.91. The molecule has 0 aliphatic carbocycles. The summed E-state index contributed by atoms with van der Waals surface area (Å²) in [6.45, 7) is 10.5. The Kier molecular flexibility index (Phi) is 7.78. The lowest BCUT2D eigenvalue weighted by molar-refractivity contribution is -0.136. The fourth-order valence-electron chi connectivity index (χ4n) is 2.40. The van der Waals surface area contributed by atoms with Gasteiger partial charge in [-0.1, -0.05) is 0 Å². The first-order chi connectivity index (χ1) is 10.7. The molecule has 0 aromatic rings. The number of nitrogens with zero attached hydrogens (tertiary/aromatic N) is 3. The van der Waals surface area contributed by atoms with E-state index in [1.165, 1.54) is 7.11 Å². The van der Waals surface area contributed by atoms with Crippen LogP contribution in [0.4, 0.5) is 4.79 Å². The second kappa shape index (κ2) is 9.08. The quantitative estimate of drug-likeness (QED) is 0.728. The van der Waals surface area contributed by atoms with Crippen LogP contribution in [0.25, 0.3) is 0 Å². The summed E-state index contributed by atoms with van der Waals surface area (Å²) >= 11 is 0. The molecule has 0 N–H and O–H groups in total. The third-order valence-corrected chi connectivity index (χ3v) is 3.67. The van der Waals surface area contributed by atoms with Crippen LogP contribution < -0.4 is 0 Å². The lowest BCUT2D eigenvalue weighted by Crippen LogP contribution is -2.50. The molecular formula is C16H31N3O4. The van der Waals surface area contributed by atoms with E-state index in [1.807, 2.05) is 25.7 Å². The molecular weight excluding hydrogens is 298 g/mol. The van der Waals surface area contributed by atoms with Crippen LogP contribution in [0, 0.1) is 0 Å². The summed E-state index contributed by atoms with van der Waals surface area (Å²) in [4.78, 5) is 29.3. The van der Waals surface area contributed by atoms with Crippen molar-refractivity contribution in [1.29, 1.82) is 0 Å². The summed E-state index contributed by atoms with van der Waals surface area (Å²) in [5.74, 6) is 0.0526. The summed E-state index contributed by atoms with van der Waals surface area (Å²) in [5, 5.41) is 0. The summed E-state index contributed by atoms with van der Waals surface area (Å²) < 4.78 is 10.2. The highest BCUT2D eigenvalue weighted by Crippen LogP contribution is 2.09. The molecule has 0 unspecified atom stereocenters. The van der Waals surface area contributed by atoms with Crippen LogP contribution >= 0.6 is 0 Å². The number of hydrogen-bond acceptors (Lipinski definition) is 5. The third kappa shape index (κ3) is 7.65. The van der Waals surface area contributed by atoms with Gasteiger partial charge in [0.2, 0.25) is 5.91 Å². The number of piperazine rings is 1. The van der Waals surface area contributed by atoms with E-state index in [0.29, 0.717) is 6.54 Å². The number of rotatable bonds is 6. The number of hydrogen-bond donors (Lipinski definition) is 0. The summed E-state index contributed by atoms with van der Waals surface area (Å²) in [6.07, 6.45) is 0.606. The molecule has 2 amide bonds. The molecule has 1 fully saturated rings. The summed E-state index contributed by atoms with van der Waals surface area (Å²) in [5.41, 5.74) is -0.462. The Hall–Kier alpha value is -1.34. The number of methoxy groups -OCH3 is 1. The Morgan fingerprint density at radius 2 is 1.74 bits per heavy atom. The highest BCUT2D eigenvalue weighted by Gasteiger charge is 2.22. The highest BCUT2D eigenvalue weighted by molar-refractivity contribution is 5.77. The molecule has 1 saturated heterocycles. The van der Waals surface area contributed by atoms with Crippen LogP contribution in [0.3, 0.4) is 0 Å². The van der Waals surface area contributed by atoms with E-state index < -0.39 is 5.60 Å². The van der Waals surface area contributed by atoms with Crippen molar-refractivity contribution in [2.24, 2.45) is 0 Å². The highest BCUT2D eigenvalue weighted by atomic mass is 16.6. The zero-order chi connectivity index (χ0) is 17.5. The second-order valence-electron chi connectivity index (χ2n) is 6.91. The minimum absolute atomic E-state index is 0.0526. The zero-order valence-electron chi connectivity index (χ0n) is 15.1. The first-order valence-electron chi connectivity index (χ1n) is 8.16. The van der Waals surface area contributed by atoms with Crippen molar-refractivity contribution in [3.8, 4) is 0 Å². The van der Waals surface area contributed by atoms with Gasteiger partial charge in [-0.05, 0) is 33.7 Å². The Bertz CT molecular complexity index is 387. The Morgan fingerprint density at radius 1 is 1.13 bits per heavy atom. The van der Waals surface area contributed by atoms with Gasteiger partial charge in [-0.3, -0.25) is 9.69 Å². The molecule has 0 spiro atoms. The molecule has 0 radical (unpaired) electrons. The number of ether oxygens (including phenoxy) is 2. The first-order valence-corrected chi connectivity index (χ1v) is 8.16. The van der Waals surface area contributed by atoms with Crippen molar-refractivity contribution < 1.29 is 19.1 Å². The van der Waals surface area contributed by atoms with Crippen LogP contribution in [0.5, 0.6) is 0 Å². The maximum Gasteiger partial charge on any atom is 0.410 e. The van der Waals surface area contributed by atoms with E-state index in [1.54, 1.807) is 11.9 Å². The number of carbonyl (C=O) groups excluding carboxylic acids is 2. The van der Waals surface area contributed by atoms with Gasteiger partial charge in [0.25, 0.3) is 0 Å². The van der Waals surface area contributed by atoms with Gasteiger partial charge in [0.1, 0.15) is 12.2 Å². The topological polar surface area (TPSA) is 62.3 Å². The molecule has 0 aromatic carbocycles. The largest absolute Gasteiger partial charge is 0.444 e. The Labute approximate surface area is 139 Å². The molecule has 7 heteroatoms. The molecule has 0 aromatic heterocycles. The number of carbonyl (C=O) groups is 2. The molecule has 1 rings (SSSR count). The van der Waals surface area contributed by atoms with Gasteiger partial charge in [-0.15, -0.1) is 0 Å². The van der Waals surface area contributed by atoms with E-state index in [2.05, 4.69) is 4.90 Å². The average Bonchev–Trinajstić information content (AvgIpc) is 2.46. The minimum atomic E-state index is -0.462. The predicted molar refractivity (Wildman–Crippen MR) is 88.4 cm³/mol. The van der Waals surface area contributed by atoms with Gasteiger partial charge in [0, 0.05) is 46.9 Å². The number of amides is 2. The summed E-state index contributed by atoms with van der Waals surface area (Å²) in [6, 6.07) is 0. The van der Waals surface area contributed by atoms with Crippen LogP contribution in [0.15, 0.2) is 0 Å². The van der Waals surface area contributed by atoms with Gasteiger partial charge in [0.15, 0.2) is 0 Å². The molecule has 134 valence electrons. The zero-order valence-corrected chi connectivity index (χ0v) is 15.1.